The monoisotopic (exact) mass is 481 g/mol. The number of aryl methyl sites for hydroxylation is 2. The molecule has 3 aromatic rings. The molecule has 3 amide bonds. The highest BCUT2D eigenvalue weighted by atomic mass is 35.5. The molecule has 1 saturated heterocycles. The molecule has 34 heavy (non-hydrogen) atoms. The molecule has 4 rings (SSSR count). The molecular formula is C24H24ClN5O4. The molecule has 1 atom stereocenters. The van der Waals surface area contributed by atoms with Gasteiger partial charge in [-0.05, 0) is 69.3 Å². The van der Waals surface area contributed by atoms with Gasteiger partial charge in [0.2, 0.25) is 5.91 Å². The van der Waals surface area contributed by atoms with Crippen LogP contribution >= 0.6 is 11.6 Å². The summed E-state index contributed by atoms with van der Waals surface area (Å²) < 4.78 is 6.59. The normalized spacial score (nSPS) is 14.0. The molecule has 10 heteroatoms. The largest absolute Gasteiger partial charge is 0.447 e. The van der Waals surface area contributed by atoms with Crippen molar-refractivity contribution in [2.24, 2.45) is 0 Å². The number of halogens is 1. The highest BCUT2D eigenvalue weighted by Gasteiger charge is 2.23. The molecule has 1 fully saturated rings. The lowest BCUT2D eigenvalue weighted by atomic mass is 10.1. The minimum absolute atomic E-state index is 0.258. The topological polar surface area (TPSA) is 106 Å². The van der Waals surface area contributed by atoms with Gasteiger partial charge in [0, 0.05) is 22.6 Å². The van der Waals surface area contributed by atoms with Gasteiger partial charge in [-0.2, -0.15) is 5.10 Å². The van der Waals surface area contributed by atoms with Crippen molar-refractivity contribution in [3.63, 3.8) is 0 Å². The number of anilines is 3. The maximum absolute atomic E-state index is 12.7. The van der Waals surface area contributed by atoms with E-state index in [-0.39, 0.29) is 16.8 Å². The second kappa shape index (κ2) is 9.56. The lowest BCUT2D eigenvalue weighted by Crippen LogP contribution is -2.25. The fourth-order valence-corrected chi connectivity index (χ4v) is 3.93. The van der Waals surface area contributed by atoms with Crippen LogP contribution in [0.5, 0.6) is 0 Å². The summed E-state index contributed by atoms with van der Waals surface area (Å²) in [6.45, 7) is 6.35. The number of rotatable bonds is 6. The molecule has 1 aromatic heterocycles. The second-order valence-corrected chi connectivity index (χ2v) is 8.41. The lowest BCUT2D eigenvalue weighted by molar-refractivity contribution is -0.119. The first-order valence-corrected chi connectivity index (χ1v) is 11.1. The Labute approximate surface area is 201 Å². The zero-order chi connectivity index (χ0) is 24.4. The third kappa shape index (κ3) is 4.89. The number of ether oxygens (including phenoxy) is 1. The van der Waals surface area contributed by atoms with Gasteiger partial charge in [0.1, 0.15) is 12.6 Å². The molecule has 1 aliphatic heterocycles. The van der Waals surface area contributed by atoms with Gasteiger partial charge in [-0.15, -0.1) is 0 Å². The number of nitrogens with zero attached hydrogens (tertiary/aromatic N) is 3. The SMILES string of the molecule is Cc1cc(C)n(C(C)C(=O)Nc2ccc(NC(=O)c3ccc(N4CCOC4=O)cc3)cc2Cl)n1. The van der Waals surface area contributed by atoms with Gasteiger partial charge >= 0.3 is 6.09 Å². The van der Waals surface area contributed by atoms with E-state index >= 15 is 0 Å². The molecule has 0 bridgehead atoms. The van der Waals surface area contributed by atoms with Crippen molar-refractivity contribution in [1.82, 2.24) is 9.78 Å². The van der Waals surface area contributed by atoms with E-state index in [1.165, 1.54) is 4.90 Å². The van der Waals surface area contributed by atoms with E-state index in [9.17, 15) is 14.4 Å². The molecular weight excluding hydrogens is 458 g/mol. The van der Waals surface area contributed by atoms with Crippen LogP contribution in [0, 0.1) is 13.8 Å². The average molecular weight is 482 g/mol. The Kier molecular flexibility index (Phi) is 6.56. The lowest BCUT2D eigenvalue weighted by Gasteiger charge is -2.16. The fourth-order valence-electron chi connectivity index (χ4n) is 3.70. The summed E-state index contributed by atoms with van der Waals surface area (Å²) in [5.41, 5.74) is 3.72. The first kappa shape index (κ1) is 23.3. The van der Waals surface area contributed by atoms with Gasteiger partial charge in [-0.3, -0.25) is 19.2 Å². The van der Waals surface area contributed by atoms with E-state index in [0.717, 1.165) is 11.4 Å². The number of nitrogens with one attached hydrogen (secondary N) is 2. The number of carbonyl (C=O) groups is 3. The number of carbonyl (C=O) groups excluding carboxylic acids is 3. The summed E-state index contributed by atoms with van der Waals surface area (Å²) in [6.07, 6.45) is -0.400. The Morgan fingerprint density at radius 2 is 1.82 bits per heavy atom. The van der Waals surface area contributed by atoms with E-state index in [1.54, 1.807) is 54.1 Å². The molecule has 176 valence electrons. The summed E-state index contributed by atoms with van der Waals surface area (Å²) in [6, 6.07) is 12.9. The van der Waals surface area contributed by atoms with Gasteiger partial charge in [0.25, 0.3) is 5.91 Å². The van der Waals surface area contributed by atoms with E-state index in [1.807, 2.05) is 19.9 Å². The van der Waals surface area contributed by atoms with E-state index < -0.39 is 12.1 Å². The van der Waals surface area contributed by atoms with Crippen molar-refractivity contribution in [2.45, 2.75) is 26.8 Å². The Balaban J connectivity index is 1.40. The summed E-state index contributed by atoms with van der Waals surface area (Å²) in [4.78, 5) is 38.5. The first-order valence-electron chi connectivity index (χ1n) is 10.7. The van der Waals surface area contributed by atoms with Gasteiger partial charge in [-0.1, -0.05) is 11.6 Å². The predicted octanol–water partition coefficient (Wildman–Crippen LogP) is 4.56. The number of hydrogen-bond acceptors (Lipinski definition) is 5. The third-order valence-corrected chi connectivity index (χ3v) is 5.79. The number of cyclic esters (lactones) is 1. The quantitative estimate of drug-likeness (QED) is 0.536. The Morgan fingerprint density at radius 3 is 2.41 bits per heavy atom. The minimum atomic E-state index is -0.519. The molecule has 1 unspecified atom stereocenters. The van der Waals surface area contributed by atoms with Crippen LogP contribution in [0.15, 0.2) is 48.5 Å². The van der Waals surface area contributed by atoms with Crippen molar-refractivity contribution in [3.8, 4) is 0 Å². The summed E-state index contributed by atoms with van der Waals surface area (Å²) in [5.74, 6) is -0.589. The fraction of sp³-hybridized carbons (Fsp3) is 0.250. The highest BCUT2D eigenvalue weighted by Crippen LogP contribution is 2.27. The number of aromatic nitrogens is 2. The molecule has 0 saturated carbocycles. The van der Waals surface area contributed by atoms with Crippen molar-refractivity contribution >= 4 is 46.6 Å². The van der Waals surface area contributed by atoms with Gasteiger partial charge in [-0.25, -0.2) is 4.79 Å². The first-order chi connectivity index (χ1) is 16.2. The predicted molar refractivity (Wildman–Crippen MR) is 130 cm³/mol. The van der Waals surface area contributed by atoms with Crippen molar-refractivity contribution in [1.29, 1.82) is 0 Å². The molecule has 2 aromatic carbocycles. The van der Waals surface area contributed by atoms with Crippen LogP contribution in [0.2, 0.25) is 5.02 Å². The number of benzene rings is 2. The molecule has 2 N–H and O–H groups in total. The van der Waals surface area contributed by atoms with Gasteiger partial charge in [0.15, 0.2) is 0 Å². The summed E-state index contributed by atoms with van der Waals surface area (Å²) in [5, 5.41) is 10.2. The third-order valence-electron chi connectivity index (χ3n) is 5.48. The molecule has 0 spiro atoms. The van der Waals surface area contributed by atoms with E-state index in [4.69, 9.17) is 16.3 Å². The zero-order valence-corrected chi connectivity index (χ0v) is 19.7. The van der Waals surface area contributed by atoms with Gasteiger partial charge < -0.3 is 15.4 Å². The Hall–Kier alpha value is -3.85. The smallest absolute Gasteiger partial charge is 0.414 e. The van der Waals surface area contributed by atoms with Crippen molar-refractivity contribution < 1.29 is 19.1 Å². The molecule has 0 aliphatic carbocycles. The Bertz CT molecular complexity index is 1250. The van der Waals surface area contributed by atoms with Crippen LogP contribution in [0.4, 0.5) is 21.9 Å². The maximum atomic E-state index is 12.7. The summed E-state index contributed by atoms with van der Waals surface area (Å²) >= 11 is 6.36. The van der Waals surface area contributed by atoms with Crippen LogP contribution < -0.4 is 15.5 Å². The summed E-state index contributed by atoms with van der Waals surface area (Å²) in [7, 11) is 0. The van der Waals surface area contributed by atoms with E-state index in [2.05, 4.69) is 15.7 Å². The molecule has 0 radical (unpaired) electrons. The van der Waals surface area contributed by atoms with Crippen molar-refractivity contribution in [2.75, 3.05) is 28.7 Å². The van der Waals surface area contributed by atoms with Crippen LogP contribution in [0.1, 0.15) is 34.7 Å². The highest BCUT2D eigenvalue weighted by molar-refractivity contribution is 6.34. The minimum Gasteiger partial charge on any atom is -0.447 e. The number of hydrogen-bond donors (Lipinski definition) is 2. The van der Waals surface area contributed by atoms with Crippen LogP contribution in [0.3, 0.4) is 0 Å². The standard InChI is InChI=1S/C24H24ClN5O4/c1-14-12-15(2)30(28-14)16(3)22(31)27-21-9-6-18(13-20(21)25)26-23(32)17-4-7-19(8-5-17)29-10-11-34-24(29)33/h4-9,12-13,16H,10-11H2,1-3H3,(H,26,32)(H,27,31). The van der Waals surface area contributed by atoms with Gasteiger partial charge in [0.05, 0.1) is 22.9 Å². The van der Waals surface area contributed by atoms with Crippen LogP contribution in [-0.2, 0) is 9.53 Å². The van der Waals surface area contributed by atoms with Crippen LogP contribution in [0.25, 0.3) is 0 Å². The molecule has 2 heterocycles. The number of amides is 3. The Morgan fingerprint density at radius 1 is 1.09 bits per heavy atom. The zero-order valence-electron chi connectivity index (χ0n) is 19.0. The molecule has 1 aliphatic rings. The van der Waals surface area contributed by atoms with E-state index in [0.29, 0.717) is 35.8 Å². The van der Waals surface area contributed by atoms with Crippen LogP contribution in [-0.4, -0.2) is 40.8 Å². The molecule has 9 nitrogen and oxygen atoms in total. The van der Waals surface area contributed by atoms with Crippen molar-refractivity contribution in [3.05, 3.63) is 70.5 Å². The maximum Gasteiger partial charge on any atom is 0.414 e. The second-order valence-electron chi connectivity index (χ2n) is 8.00. The average Bonchev–Trinajstić information content (AvgIpc) is 3.39.